The summed E-state index contributed by atoms with van der Waals surface area (Å²) in [7, 11) is 0. The van der Waals surface area contributed by atoms with E-state index in [9.17, 15) is 9.18 Å². The molecule has 0 aliphatic rings. The van der Waals surface area contributed by atoms with Crippen LogP contribution >= 0.6 is 0 Å². The zero-order valence-electron chi connectivity index (χ0n) is 43.8. The number of rotatable bonds is 10. The van der Waals surface area contributed by atoms with Crippen molar-refractivity contribution in [1.82, 2.24) is 0 Å². The van der Waals surface area contributed by atoms with Crippen LogP contribution in [0.5, 0.6) is 0 Å². The minimum Gasteiger partial charge on any atom is -1.00 e. The second kappa shape index (κ2) is 43.0. The molecule has 410 valence electrons. The summed E-state index contributed by atoms with van der Waals surface area (Å²) in [6.07, 6.45) is 5.16. The normalized spacial score (nSPS) is 9.82. The fourth-order valence-electron chi connectivity index (χ4n) is 6.18. The van der Waals surface area contributed by atoms with Crippen molar-refractivity contribution in [3.8, 4) is 10.4 Å². The Morgan fingerprint density at radius 1 is 0.372 bits per heavy atom. The van der Waals surface area contributed by atoms with Gasteiger partial charge in [0.15, 0.2) is 28.9 Å². The standard InChI is InChI=1S/C20H26I.C13H9IO2.C12H9FI.C12H10I.C8H6I.5HI/c1-19(2,3)15-7-11-17(12-8-15)21-18-13-9-16(10-14-18)20(4,5)6;15-13(16)11-8-4-5-9-12(11)14-10-6-2-1-3-7-10;13-10-6-8-12(9-7-10)14-11-4-2-1-3-5-11;1-3-7-11(8-4-1)13-12-9-5-2-6-10-12;1-2-9-8-6-4-3-5-7-8;;;;;/h7-14H,1-6H3;1-9H;1-9H;1-10H;1,3-7H;5*1H/q+1;;3*+1;;;;;/p-4. The van der Waals surface area contributed by atoms with Crippen molar-refractivity contribution in [2.45, 2.75) is 52.4 Å². The highest BCUT2D eigenvalue weighted by Gasteiger charge is 2.23. The summed E-state index contributed by atoms with van der Waals surface area (Å²) in [6, 6.07) is 84.4. The van der Waals surface area contributed by atoms with Crippen molar-refractivity contribution in [3.05, 3.63) is 303 Å². The first-order valence-electron chi connectivity index (χ1n) is 23.4. The van der Waals surface area contributed by atoms with E-state index >= 15 is 0 Å². The third-order valence-electron chi connectivity index (χ3n) is 10.0. The second-order valence-corrected chi connectivity index (χ2v) is 32.2. The van der Waals surface area contributed by atoms with Gasteiger partial charge in [-0.25, -0.2) is 9.18 Å². The maximum atomic E-state index is 12.6. The number of carbonyl (C=O) groups is 1. The fraction of sp³-hybridized carbons (Fsp3) is 0.123. The first-order chi connectivity index (χ1) is 35.2. The van der Waals surface area contributed by atoms with E-state index in [1.54, 1.807) is 12.1 Å². The molecule has 9 aromatic rings. The lowest BCUT2D eigenvalue weighted by atomic mass is 9.87. The topological polar surface area (TPSA) is 37.3 Å². The van der Waals surface area contributed by atoms with Gasteiger partial charge in [0, 0.05) is 0 Å². The molecule has 0 saturated carbocycles. The van der Waals surface area contributed by atoms with Crippen LogP contribution in [0, 0.1) is 48.3 Å². The SMILES string of the molecule is C#C[I+]c1ccccc1.CC(C)(C)c1ccc([I+]c2ccc(C(C)(C)C)cc2)cc1.Fc1ccc([I+]c2ccccc2)cc1.O=C(O)c1ccccc1[I+]c1ccccc1.[I-].[I-].[I-].[I-].[I-].c1ccc([I+]c2ccccc2)cc1. The maximum absolute atomic E-state index is 12.6. The molecule has 9 aromatic carbocycles. The average molecular weight is 2160 g/mol. The van der Waals surface area contributed by atoms with Crippen molar-refractivity contribution in [2.75, 3.05) is 0 Å². The Morgan fingerprint density at radius 2 is 0.628 bits per heavy atom. The van der Waals surface area contributed by atoms with Crippen LogP contribution < -0.4 is 226 Å². The van der Waals surface area contributed by atoms with Crippen molar-refractivity contribution >= 4 is 5.97 Å². The molecule has 9 rings (SSSR count). The molecule has 2 nitrogen and oxygen atoms in total. The van der Waals surface area contributed by atoms with Crippen LogP contribution in [0.15, 0.2) is 249 Å². The van der Waals surface area contributed by atoms with E-state index in [2.05, 4.69) is 179 Å². The van der Waals surface area contributed by atoms with Gasteiger partial charge in [0.25, 0.3) is 0 Å². The number of terminal acetylenes is 1. The molecule has 0 unspecified atom stereocenters. The third-order valence-corrected chi connectivity index (χ3v) is 22.6. The second-order valence-electron chi connectivity index (χ2n) is 17.8. The Morgan fingerprint density at radius 3 is 0.923 bits per heavy atom. The molecule has 0 spiro atoms. The third kappa shape index (κ3) is 31.2. The molecule has 13 heteroatoms. The number of carboxylic acids is 1. The Labute approximate surface area is 602 Å². The molecular weight excluding hydrogens is 2100 g/mol. The van der Waals surface area contributed by atoms with Crippen LogP contribution in [-0.2, 0) is 10.8 Å². The number of aromatic carboxylic acids is 1. The Kier molecular flexibility index (Phi) is 42.5. The number of hydrogen-bond acceptors (Lipinski definition) is 1. The quantitative estimate of drug-likeness (QED) is 0.109. The van der Waals surface area contributed by atoms with Crippen LogP contribution in [0.25, 0.3) is 0 Å². The molecule has 0 aliphatic heterocycles. The van der Waals surface area contributed by atoms with Gasteiger partial charge in [-0.2, -0.15) is 0 Å². The van der Waals surface area contributed by atoms with Crippen LogP contribution in [0.4, 0.5) is 4.39 Å². The van der Waals surface area contributed by atoms with Gasteiger partial charge in [-0.05, 0) is 143 Å². The van der Waals surface area contributed by atoms with E-state index < -0.39 is 27.2 Å². The van der Waals surface area contributed by atoms with Gasteiger partial charge in [0.2, 0.25) is 7.14 Å². The van der Waals surface area contributed by atoms with E-state index in [0.717, 1.165) is 3.57 Å². The Bertz CT molecular complexity index is 2910. The van der Waals surface area contributed by atoms with Gasteiger partial charge < -0.3 is 125 Å². The lowest BCUT2D eigenvalue weighted by Crippen LogP contribution is -3.61. The average Bonchev–Trinajstić information content (AvgIpc) is 3.39. The van der Waals surface area contributed by atoms with Gasteiger partial charge in [0.1, 0.15) is 11.4 Å². The summed E-state index contributed by atoms with van der Waals surface area (Å²) in [5.74, 6) is -1.00. The van der Waals surface area contributed by atoms with E-state index in [-0.39, 0.29) is 221 Å². The molecule has 0 aromatic heterocycles. The molecule has 0 fully saturated rings. The lowest BCUT2D eigenvalue weighted by Gasteiger charge is -2.18. The van der Waals surface area contributed by atoms with Gasteiger partial charge in [-0.3, -0.25) is 0 Å². The molecule has 0 atom stereocenters. The molecule has 0 saturated heterocycles. The number of halogens is 11. The molecule has 0 radical (unpaired) electrons. The van der Waals surface area contributed by atoms with Gasteiger partial charge in [-0.1, -0.05) is 175 Å². The smallest absolute Gasteiger partial charge is 0.419 e. The largest absolute Gasteiger partial charge is 1.00 e. The maximum Gasteiger partial charge on any atom is 0.419 e. The Balaban J connectivity index is 0.000000955. The molecule has 0 bridgehead atoms. The summed E-state index contributed by atoms with van der Waals surface area (Å²) >= 11 is -0.742. The summed E-state index contributed by atoms with van der Waals surface area (Å²) in [4.78, 5) is 11.0. The zero-order valence-corrected chi connectivity index (χ0v) is 65.3. The van der Waals surface area contributed by atoms with Gasteiger partial charge in [0.05, 0.1) is 0 Å². The molecular formula is C65H61FI10O2. The summed E-state index contributed by atoms with van der Waals surface area (Å²) in [6.45, 7) is 13.6. The van der Waals surface area contributed by atoms with Crippen LogP contribution in [-0.4, -0.2) is 11.1 Å². The fourth-order valence-corrected chi connectivity index (χ4v) is 16.5. The van der Waals surface area contributed by atoms with Crippen molar-refractivity contribution in [3.63, 3.8) is 0 Å². The predicted molar refractivity (Wildman–Crippen MR) is 279 cm³/mol. The van der Waals surface area contributed by atoms with Crippen molar-refractivity contribution in [2.24, 2.45) is 0 Å². The van der Waals surface area contributed by atoms with Gasteiger partial charge >= 0.3 is 112 Å². The highest BCUT2D eigenvalue weighted by atomic mass is 127. The molecule has 78 heavy (non-hydrogen) atoms. The molecule has 0 heterocycles. The number of carboxylic acid groups (broad SMARTS) is 1. The summed E-state index contributed by atoms with van der Waals surface area (Å²) < 4.78 is 27.4. The van der Waals surface area contributed by atoms with E-state index in [1.165, 1.54) is 51.8 Å². The first-order valence-corrected chi connectivity index (χ1v) is 34.2. The predicted octanol–water partition coefficient (Wildman–Crippen LogP) is -14.8. The molecule has 1 N–H and O–H groups in total. The number of benzene rings is 9. The minimum absolute atomic E-state index is 0. The zero-order chi connectivity index (χ0) is 52.3. The summed E-state index contributed by atoms with van der Waals surface area (Å²) in [5.41, 5.74) is 3.74. The van der Waals surface area contributed by atoms with Crippen LogP contribution in [0.1, 0.15) is 63.0 Å². The van der Waals surface area contributed by atoms with E-state index in [1.807, 2.05) is 91.0 Å². The minimum atomic E-state index is -0.841. The van der Waals surface area contributed by atoms with Crippen molar-refractivity contribution < 1.29 is 240 Å². The van der Waals surface area contributed by atoms with Crippen LogP contribution in [0.2, 0.25) is 0 Å². The molecule has 0 amide bonds. The van der Waals surface area contributed by atoms with Gasteiger partial charge in [-0.15, -0.1) is 0 Å². The lowest BCUT2D eigenvalue weighted by molar-refractivity contribution is -0.598. The summed E-state index contributed by atoms with van der Waals surface area (Å²) in [5, 5.41) is 9.06. The highest BCUT2D eigenvalue weighted by molar-refractivity contribution is 5.87. The van der Waals surface area contributed by atoms with Crippen molar-refractivity contribution in [1.29, 1.82) is 0 Å². The molecule has 0 aliphatic carbocycles. The number of hydrogen-bond donors (Lipinski definition) is 1. The first kappa shape index (κ1) is 77.2. The van der Waals surface area contributed by atoms with E-state index in [4.69, 9.17) is 11.5 Å². The van der Waals surface area contributed by atoms with Crippen LogP contribution in [0.3, 0.4) is 0 Å². The Hall–Kier alpha value is -0.760. The highest BCUT2D eigenvalue weighted by Crippen LogP contribution is 2.22. The van der Waals surface area contributed by atoms with E-state index in [0.29, 0.717) is 5.56 Å². The monoisotopic (exact) mass is 2160 g/mol.